The van der Waals surface area contributed by atoms with Gasteiger partial charge in [-0.15, -0.1) is 0 Å². The van der Waals surface area contributed by atoms with Gasteiger partial charge in [-0.25, -0.2) is 4.39 Å². The highest BCUT2D eigenvalue weighted by Crippen LogP contribution is 2.19. The number of rotatable bonds is 5. The Kier molecular flexibility index (Phi) is 5.57. The van der Waals surface area contributed by atoms with Crippen LogP contribution in [-0.2, 0) is 4.79 Å². The molecule has 4 rings (SSSR count). The normalized spacial score (nSPS) is 15.3. The van der Waals surface area contributed by atoms with Crippen molar-refractivity contribution >= 4 is 28.4 Å². The number of aromatic nitrogens is 1. The Morgan fingerprint density at radius 1 is 1.07 bits per heavy atom. The van der Waals surface area contributed by atoms with Gasteiger partial charge in [0.25, 0.3) is 5.91 Å². The lowest BCUT2D eigenvalue weighted by molar-refractivity contribution is -0.117. The van der Waals surface area contributed by atoms with Crippen molar-refractivity contribution in [2.75, 3.05) is 25.0 Å². The average molecular weight is 394 g/mol. The molecule has 2 heterocycles. The molecule has 1 aliphatic rings. The number of halogens is 1. The summed E-state index contributed by atoms with van der Waals surface area (Å²) >= 11 is 0. The third-order valence-corrected chi connectivity index (χ3v) is 5.20. The minimum atomic E-state index is -0.347. The van der Waals surface area contributed by atoms with E-state index in [1.165, 1.54) is 6.07 Å². The number of hydrogen-bond donors (Lipinski definition) is 3. The van der Waals surface area contributed by atoms with Crippen LogP contribution in [0.2, 0.25) is 0 Å². The van der Waals surface area contributed by atoms with E-state index in [0.29, 0.717) is 23.1 Å². The number of amides is 2. The lowest BCUT2D eigenvalue weighted by Gasteiger charge is -2.31. The van der Waals surface area contributed by atoms with Crippen molar-refractivity contribution in [3.05, 3.63) is 66.1 Å². The van der Waals surface area contributed by atoms with E-state index < -0.39 is 0 Å². The van der Waals surface area contributed by atoms with Crippen LogP contribution in [0.5, 0.6) is 0 Å². The number of anilines is 1. The summed E-state index contributed by atoms with van der Waals surface area (Å²) in [5, 5.41) is 6.31. The molecule has 0 atom stereocenters. The Bertz CT molecular complexity index is 1010. The van der Waals surface area contributed by atoms with Gasteiger partial charge in [0.2, 0.25) is 5.91 Å². The van der Waals surface area contributed by atoms with Crippen LogP contribution in [0.15, 0.2) is 54.6 Å². The molecule has 6 nitrogen and oxygen atoms in total. The zero-order chi connectivity index (χ0) is 20.2. The zero-order valence-electron chi connectivity index (χ0n) is 16.0. The largest absolute Gasteiger partial charge is 0.350 e. The second-order valence-corrected chi connectivity index (χ2v) is 7.32. The Morgan fingerprint density at radius 3 is 2.55 bits per heavy atom. The minimum Gasteiger partial charge on any atom is -0.350 e. The molecule has 1 saturated heterocycles. The van der Waals surface area contributed by atoms with Crippen molar-refractivity contribution in [2.45, 2.75) is 18.9 Å². The molecule has 3 N–H and O–H groups in total. The van der Waals surface area contributed by atoms with E-state index >= 15 is 0 Å². The minimum absolute atomic E-state index is 0.0344. The molecule has 2 amide bonds. The van der Waals surface area contributed by atoms with E-state index in [1.807, 2.05) is 30.3 Å². The molecule has 1 aromatic heterocycles. The summed E-state index contributed by atoms with van der Waals surface area (Å²) in [5.74, 6) is -0.625. The summed E-state index contributed by atoms with van der Waals surface area (Å²) in [5.41, 5.74) is 1.75. The molecule has 0 radical (unpaired) electrons. The summed E-state index contributed by atoms with van der Waals surface area (Å²) in [6.45, 7) is 1.79. The van der Waals surface area contributed by atoms with Crippen LogP contribution in [-0.4, -0.2) is 47.4 Å². The van der Waals surface area contributed by atoms with E-state index in [4.69, 9.17) is 0 Å². The number of likely N-dealkylation sites (tertiary alicyclic amines) is 1. The Labute approximate surface area is 168 Å². The van der Waals surface area contributed by atoms with Gasteiger partial charge in [0.1, 0.15) is 11.5 Å². The number of nitrogens with one attached hydrogen (secondary N) is 3. The van der Waals surface area contributed by atoms with Crippen LogP contribution in [0.4, 0.5) is 10.1 Å². The smallest absolute Gasteiger partial charge is 0.267 e. The molecule has 29 heavy (non-hydrogen) atoms. The van der Waals surface area contributed by atoms with Crippen LogP contribution in [0.1, 0.15) is 23.3 Å². The molecular weight excluding hydrogens is 371 g/mol. The molecule has 0 bridgehead atoms. The van der Waals surface area contributed by atoms with Crippen molar-refractivity contribution in [1.29, 1.82) is 0 Å². The Hall–Kier alpha value is -3.19. The average Bonchev–Trinajstić information content (AvgIpc) is 3.16. The maximum absolute atomic E-state index is 13.8. The molecule has 0 unspecified atom stereocenters. The second-order valence-electron chi connectivity index (χ2n) is 7.32. The SMILES string of the molecule is O=C(CN1CCC(NC(=O)c2cc3c(F)cccc3[nH]2)CC1)Nc1ccccc1. The lowest BCUT2D eigenvalue weighted by Crippen LogP contribution is -2.46. The predicted molar refractivity (Wildman–Crippen MR) is 110 cm³/mol. The summed E-state index contributed by atoms with van der Waals surface area (Å²) in [6, 6.07) is 15.7. The van der Waals surface area contributed by atoms with Crippen LogP contribution in [0, 0.1) is 5.82 Å². The monoisotopic (exact) mass is 394 g/mol. The molecule has 2 aromatic carbocycles. The van der Waals surface area contributed by atoms with Gasteiger partial charge < -0.3 is 15.6 Å². The molecule has 1 aliphatic heterocycles. The molecule has 7 heteroatoms. The van der Waals surface area contributed by atoms with E-state index in [2.05, 4.69) is 20.5 Å². The number of hydrogen-bond acceptors (Lipinski definition) is 3. The van der Waals surface area contributed by atoms with Crippen LogP contribution in [0.25, 0.3) is 10.9 Å². The maximum atomic E-state index is 13.8. The number of aromatic amines is 1. The van der Waals surface area contributed by atoms with Crippen LogP contribution < -0.4 is 10.6 Å². The first-order valence-corrected chi connectivity index (χ1v) is 9.74. The fourth-order valence-electron chi connectivity index (χ4n) is 3.66. The van der Waals surface area contributed by atoms with Crippen molar-refractivity contribution < 1.29 is 14.0 Å². The molecule has 0 aliphatic carbocycles. The fourth-order valence-corrected chi connectivity index (χ4v) is 3.66. The summed E-state index contributed by atoms with van der Waals surface area (Å²) in [7, 11) is 0. The van der Waals surface area contributed by atoms with E-state index in [0.717, 1.165) is 31.6 Å². The van der Waals surface area contributed by atoms with Crippen LogP contribution in [0.3, 0.4) is 0 Å². The van der Waals surface area contributed by atoms with Gasteiger partial charge in [0, 0.05) is 35.7 Å². The number of carbonyl (C=O) groups excluding carboxylic acids is 2. The summed E-state index contributed by atoms with van der Waals surface area (Å²) in [4.78, 5) is 29.7. The number of piperidine rings is 1. The number of carbonyl (C=O) groups is 2. The van der Waals surface area contributed by atoms with E-state index in [1.54, 1.807) is 18.2 Å². The van der Waals surface area contributed by atoms with Gasteiger partial charge in [0.15, 0.2) is 0 Å². The molecule has 1 fully saturated rings. The highest BCUT2D eigenvalue weighted by molar-refractivity contribution is 5.98. The second kappa shape index (κ2) is 8.45. The molecule has 3 aromatic rings. The first-order valence-electron chi connectivity index (χ1n) is 9.74. The van der Waals surface area contributed by atoms with Crippen molar-refractivity contribution in [1.82, 2.24) is 15.2 Å². The fraction of sp³-hybridized carbons (Fsp3) is 0.273. The Balaban J connectivity index is 1.26. The lowest BCUT2D eigenvalue weighted by atomic mass is 10.0. The third kappa shape index (κ3) is 4.63. The topological polar surface area (TPSA) is 77.2 Å². The number of H-pyrrole nitrogens is 1. The van der Waals surface area contributed by atoms with Gasteiger partial charge in [0.05, 0.1) is 6.54 Å². The zero-order valence-corrected chi connectivity index (χ0v) is 16.0. The number of para-hydroxylation sites is 1. The number of nitrogens with zero attached hydrogens (tertiary/aromatic N) is 1. The molecule has 150 valence electrons. The van der Waals surface area contributed by atoms with E-state index in [-0.39, 0.29) is 23.7 Å². The van der Waals surface area contributed by atoms with E-state index in [9.17, 15) is 14.0 Å². The molecule has 0 spiro atoms. The summed E-state index contributed by atoms with van der Waals surface area (Å²) < 4.78 is 13.8. The van der Waals surface area contributed by atoms with Gasteiger partial charge in [-0.1, -0.05) is 24.3 Å². The highest BCUT2D eigenvalue weighted by atomic mass is 19.1. The first kappa shape index (κ1) is 19.1. The third-order valence-electron chi connectivity index (χ3n) is 5.20. The Morgan fingerprint density at radius 2 is 1.83 bits per heavy atom. The molecule has 0 saturated carbocycles. The number of fused-ring (bicyclic) bond motifs is 1. The van der Waals surface area contributed by atoms with Crippen molar-refractivity contribution in [2.24, 2.45) is 0 Å². The van der Waals surface area contributed by atoms with Crippen molar-refractivity contribution in [3.8, 4) is 0 Å². The highest BCUT2D eigenvalue weighted by Gasteiger charge is 2.23. The quantitative estimate of drug-likeness (QED) is 0.622. The predicted octanol–water partition coefficient (Wildman–Crippen LogP) is 3.14. The van der Waals surface area contributed by atoms with Crippen LogP contribution >= 0.6 is 0 Å². The number of benzene rings is 2. The standard InChI is InChI=1S/C22H23FN4O2/c23-18-7-4-8-19-17(18)13-20(26-19)22(29)25-16-9-11-27(12-10-16)14-21(28)24-15-5-2-1-3-6-15/h1-8,13,16,26H,9-12,14H2,(H,24,28)(H,25,29). The first-order chi connectivity index (χ1) is 14.1. The van der Waals surface area contributed by atoms with Gasteiger partial charge in [-0.3, -0.25) is 14.5 Å². The van der Waals surface area contributed by atoms with Crippen molar-refractivity contribution in [3.63, 3.8) is 0 Å². The van der Waals surface area contributed by atoms with Gasteiger partial charge in [-0.2, -0.15) is 0 Å². The van der Waals surface area contributed by atoms with Gasteiger partial charge >= 0.3 is 0 Å². The van der Waals surface area contributed by atoms with Gasteiger partial charge in [-0.05, 0) is 43.2 Å². The maximum Gasteiger partial charge on any atom is 0.267 e. The summed E-state index contributed by atoms with van der Waals surface area (Å²) in [6.07, 6.45) is 1.53. The molecular formula is C22H23FN4O2.